The molecule has 178 valence electrons. The van der Waals surface area contributed by atoms with Crippen LogP contribution in [0.4, 0.5) is 0 Å². The van der Waals surface area contributed by atoms with Gasteiger partial charge in [0, 0.05) is 11.5 Å². The van der Waals surface area contributed by atoms with Crippen molar-refractivity contribution in [2.75, 3.05) is 0 Å². The normalized spacial score (nSPS) is 11.4. The fourth-order valence-electron chi connectivity index (χ4n) is 4.55. The van der Waals surface area contributed by atoms with E-state index >= 15 is 0 Å². The van der Waals surface area contributed by atoms with Gasteiger partial charge in [0.15, 0.2) is 0 Å². The molecule has 0 unspecified atom stereocenters. The second kappa shape index (κ2) is 10.2. The lowest BCUT2D eigenvalue weighted by Gasteiger charge is -2.22. The van der Waals surface area contributed by atoms with Gasteiger partial charge in [-0.25, -0.2) is 4.79 Å². The molecule has 0 aromatic heterocycles. The zero-order valence-electron chi connectivity index (χ0n) is 20.7. The molecule has 3 heteroatoms. The lowest BCUT2D eigenvalue weighted by molar-refractivity contribution is 0.0693. The Morgan fingerprint density at radius 1 is 0.629 bits per heavy atom. The number of phenols is 1. The molecule has 4 aromatic carbocycles. The lowest BCUT2D eigenvalue weighted by atomic mass is 9.81. The summed E-state index contributed by atoms with van der Waals surface area (Å²) in [6.45, 7) is 8.68. The van der Waals surface area contributed by atoms with Crippen LogP contribution in [0.5, 0.6) is 5.75 Å². The Kier molecular flexibility index (Phi) is 7.07. The predicted octanol–water partition coefficient (Wildman–Crippen LogP) is 8.18. The molecular formula is C32H32O3. The van der Waals surface area contributed by atoms with Crippen molar-refractivity contribution in [3.63, 3.8) is 0 Å². The summed E-state index contributed by atoms with van der Waals surface area (Å²) in [6.07, 6.45) is 0. The number of carboxylic acids is 1. The number of hydrogen-bond donors (Lipinski definition) is 2. The summed E-state index contributed by atoms with van der Waals surface area (Å²) < 4.78 is 0. The van der Waals surface area contributed by atoms with E-state index in [0.29, 0.717) is 17.4 Å². The van der Waals surface area contributed by atoms with Crippen LogP contribution in [0.3, 0.4) is 0 Å². The predicted molar refractivity (Wildman–Crippen MR) is 143 cm³/mol. The Bertz CT molecular complexity index is 1250. The Balaban J connectivity index is 1.94. The van der Waals surface area contributed by atoms with Crippen molar-refractivity contribution in [1.29, 1.82) is 0 Å². The van der Waals surface area contributed by atoms with E-state index in [1.165, 1.54) is 11.1 Å². The largest absolute Gasteiger partial charge is 0.506 e. The average Bonchev–Trinajstić information content (AvgIpc) is 2.86. The van der Waals surface area contributed by atoms with E-state index in [2.05, 4.69) is 76.2 Å². The second-order valence-corrected chi connectivity index (χ2v) is 9.71. The van der Waals surface area contributed by atoms with Gasteiger partial charge in [-0.3, -0.25) is 0 Å². The van der Waals surface area contributed by atoms with Gasteiger partial charge in [-0.15, -0.1) is 0 Å². The first kappa shape index (κ1) is 24.3. The van der Waals surface area contributed by atoms with Crippen molar-refractivity contribution in [2.45, 2.75) is 45.4 Å². The molecule has 0 saturated heterocycles. The Morgan fingerprint density at radius 2 is 1.09 bits per heavy atom. The monoisotopic (exact) mass is 464 g/mol. The highest BCUT2D eigenvalue weighted by molar-refractivity contribution is 5.94. The van der Waals surface area contributed by atoms with Gasteiger partial charge in [0.25, 0.3) is 0 Å². The van der Waals surface area contributed by atoms with Crippen molar-refractivity contribution < 1.29 is 15.0 Å². The molecule has 3 nitrogen and oxygen atoms in total. The number of aromatic carboxylic acids is 1. The number of rotatable bonds is 7. The maximum atomic E-state index is 12.1. The van der Waals surface area contributed by atoms with Gasteiger partial charge >= 0.3 is 5.97 Å². The lowest BCUT2D eigenvalue weighted by Crippen LogP contribution is -2.07. The third-order valence-electron chi connectivity index (χ3n) is 6.65. The van der Waals surface area contributed by atoms with Crippen LogP contribution in [-0.2, 0) is 0 Å². The van der Waals surface area contributed by atoms with Crippen LogP contribution in [0.2, 0.25) is 0 Å². The molecular weight excluding hydrogens is 432 g/mol. The zero-order chi connectivity index (χ0) is 25.1. The van der Waals surface area contributed by atoms with Gasteiger partial charge in [-0.1, -0.05) is 107 Å². The fourth-order valence-corrected chi connectivity index (χ4v) is 4.55. The summed E-state index contributed by atoms with van der Waals surface area (Å²) in [4.78, 5) is 12.1. The molecule has 0 spiro atoms. The molecule has 4 rings (SSSR count). The first-order valence-corrected chi connectivity index (χ1v) is 12.1. The first-order chi connectivity index (χ1) is 16.8. The van der Waals surface area contributed by atoms with Crippen LogP contribution in [0, 0.1) is 0 Å². The van der Waals surface area contributed by atoms with E-state index in [0.717, 1.165) is 22.3 Å². The van der Waals surface area contributed by atoms with Crippen LogP contribution < -0.4 is 0 Å². The summed E-state index contributed by atoms with van der Waals surface area (Å²) >= 11 is 0. The summed E-state index contributed by atoms with van der Waals surface area (Å²) in [5.74, 6) is -0.699. The first-order valence-electron chi connectivity index (χ1n) is 12.1. The van der Waals surface area contributed by atoms with Gasteiger partial charge in [0.05, 0.1) is 0 Å². The molecule has 2 N–H and O–H groups in total. The third-order valence-corrected chi connectivity index (χ3v) is 6.65. The van der Waals surface area contributed by atoms with Crippen LogP contribution in [0.15, 0.2) is 91.0 Å². The fraction of sp³-hybridized carbons (Fsp3) is 0.219. The van der Waals surface area contributed by atoms with Crippen molar-refractivity contribution >= 4 is 5.97 Å². The molecule has 0 aliphatic heterocycles. The molecule has 0 aliphatic carbocycles. The SMILES string of the molecule is CC(C)c1ccc(C(c2ccc(C(C)C)cc2)c2cc(C(=O)O)c(O)c(-c3ccccc3)c2)cc1. The van der Waals surface area contributed by atoms with Crippen LogP contribution in [0.25, 0.3) is 11.1 Å². The number of carboxylic acid groups (broad SMARTS) is 1. The van der Waals surface area contributed by atoms with Crippen LogP contribution >= 0.6 is 0 Å². The smallest absolute Gasteiger partial charge is 0.339 e. The van der Waals surface area contributed by atoms with Gasteiger partial charge < -0.3 is 10.2 Å². The van der Waals surface area contributed by atoms with Crippen molar-refractivity contribution in [3.8, 4) is 16.9 Å². The highest BCUT2D eigenvalue weighted by Crippen LogP contribution is 2.40. The molecule has 0 amide bonds. The average molecular weight is 465 g/mol. The minimum atomic E-state index is -1.15. The van der Waals surface area contributed by atoms with Gasteiger partial charge in [-0.2, -0.15) is 0 Å². The number of hydrogen-bond acceptors (Lipinski definition) is 2. The summed E-state index contributed by atoms with van der Waals surface area (Å²) in [5.41, 5.74) is 6.69. The molecule has 0 atom stereocenters. The Hall–Kier alpha value is -3.85. The van der Waals surface area contributed by atoms with E-state index < -0.39 is 5.97 Å². The third kappa shape index (κ3) is 5.14. The van der Waals surface area contributed by atoms with E-state index in [1.54, 1.807) is 6.07 Å². The van der Waals surface area contributed by atoms with Gasteiger partial charge in [0.1, 0.15) is 11.3 Å². The Morgan fingerprint density at radius 3 is 1.51 bits per heavy atom. The standard InChI is InChI=1S/C32H32O3/c1-20(2)22-10-14-25(15-11-22)30(26-16-12-23(13-17-26)21(3)4)27-18-28(24-8-6-5-7-9-24)31(33)29(19-27)32(34)35/h5-21,30,33H,1-4H3,(H,34,35). The molecule has 0 heterocycles. The minimum absolute atomic E-state index is 0.0936. The molecule has 4 aromatic rings. The molecule has 35 heavy (non-hydrogen) atoms. The Labute approximate surface area is 207 Å². The zero-order valence-corrected chi connectivity index (χ0v) is 20.7. The van der Waals surface area contributed by atoms with E-state index in [1.807, 2.05) is 36.4 Å². The highest BCUT2D eigenvalue weighted by Gasteiger charge is 2.23. The maximum Gasteiger partial charge on any atom is 0.339 e. The summed E-state index contributed by atoms with van der Waals surface area (Å²) in [7, 11) is 0. The molecule has 0 aliphatic rings. The van der Waals surface area contributed by atoms with Gasteiger partial charge in [0.2, 0.25) is 0 Å². The van der Waals surface area contributed by atoms with E-state index in [9.17, 15) is 15.0 Å². The van der Waals surface area contributed by atoms with Gasteiger partial charge in [-0.05, 0) is 57.3 Å². The summed E-state index contributed by atoms with van der Waals surface area (Å²) in [6, 6.07) is 30.1. The van der Waals surface area contributed by atoms with Crippen molar-refractivity contribution in [3.05, 3.63) is 124 Å². The van der Waals surface area contributed by atoms with E-state index in [4.69, 9.17) is 0 Å². The second-order valence-electron chi connectivity index (χ2n) is 9.71. The van der Waals surface area contributed by atoms with E-state index in [-0.39, 0.29) is 17.2 Å². The molecule has 0 radical (unpaired) electrons. The van der Waals surface area contributed by atoms with Crippen LogP contribution in [0.1, 0.15) is 83.6 Å². The van der Waals surface area contributed by atoms with Crippen molar-refractivity contribution in [1.82, 2.24) is 0 Å². The minimum Gasteiger partial charge on any atom is -0.506 e. The summed E-state index contributed by atoms with van der Waals surface area (Å²) in [5, 5.41) is 20.8. The quantitative estimate of drug-likeness (QED) is 0.271. The number of carbonyl (C=O) groups is 1. The topological polar surface area (TPSA) is 57.5 Å². The number of benzene rings is 4. The molecule has 0 saturated carbocycles. The highest BCUT2D eigenvalue weighted by atomic mass is 16.4. The van der Waals surface area contributed by atoms with Crippen molar-refractivity contribution in [2.24, 2.45) is 0 Å². The maximum absolute atomic E-state index is 12.1. The van der Waals surface area contributed by atoms with Crippen LogP contribution in [-0.4, -0.2) is 16.2 Å². The number of aromatic hydroxyl groups is 1. The molecule has 0 fully saturated rings. The molecule has 0 bridgehead atoms.